The van der Waals surface area contributed by atoms with Gasteiger partial charge in [-0.15, -0.1) is 0 Å². The molecule has 52 valence electrons. The van der Waals surface area contributed by atoms with Gasteiger partial charge < -0.3 is 4.74 Å². The van der Waals surface area contributed by atoms with Gasteiger partial charge in [-0.1, -0.05) is 6.58 Å². The summed E-state index contributed by atoms with van der Waals surface area (Å²) in [5, 5.41) is 0. The second-order valence-corrected chi connectivity index (χ2v) is 2.15. The van der Waals surface area contributed by atoms with Crippen LogP contribution in [0.4, 0.5) is 8.78 Å². The molecule has 1 atom stereocenters. The minimum Gasteiger partial charge on any atom is -0.498 e. The lowest BCUT2D eigenvalue weighted by molar-refractivity contribution is 0.0685. The number of halogens is 2. The van der Waals surface area contributed by atoms with E-state index in [1.54, 1.807) is 0 Å². The first-order valence-electron chi connectivity index (χ1n) is 2.79. The van der Waals surface area contributed by atoms with E-state index in [0.717, 1.165) is 0 Å². The first-order chi connectivity index (χ1) is 4.20. The molecule has 1 aliphatic rings. The van der Waals surface area contributed by atoms with Gasteiger partial charge in [-0.3, -0.25) is 0 Å². The predicted octanol–water partition coefficient (Wildman–Crippen LogP) is 1.80. The Morgan fingerprint density at radius 1 is 1.67 bits per heavy atom. The fourth-order valence-electron chi connectivity index (χ4n) is 0.797. The molecule has 0 bridgehead atoms. The van der Waals surface area contributed by atoms with E-state index in [1.807, 2.05) is 0 Å². The largest absolute Gasteiger partial charge is 0.498 e. The molecule has 1 saturated heterocycles. The minimum absolute atomic E-state index is 0.135. The molecule has 1 heterocycles. The Morgan fingerprint density at radius 3 is 2.56 bits per heavy atom. The zero-order valence-corrected chi connectivity index (χ0v) is 4.94. The first-order valence-corrected chi connectivity index (χ1v) is 2.79. The molecule has 0 aromatic carbocycles. The van der Waals surface area contributed by atoms with Crippen LogP contribution in [0.15, 0.2) is 12.3 Å². The third-order valence-corrected chi connectivity index (χ3v) is 1.35. The molecular formula is C6H8F2O. The van der Waals surface area contributed by atoms with Crippen LogP contribution in [0.3, 0.4) is 0 Å². The van der Waals surface area contributed by atoms with Crippen molar-refractivity contribution in [1.82, 2.24) is 0 Å². The lowest BCUT2D eigenvalue weighted by Gasteiger charge is -2.01. The Kier molecular flexibility index (Phi) is 1.69. The normalized spacial score (nSPS) is 27.0. The monoisotopic (exact) mass is 134 g/mol. The fraction of sp³-hybridized carbons (Fsp3) is 0.667. The van der Waals surface area contributed by atoms with Gasteiger partial charge in [-0.05, 0) is 0 Å². The summed E-state index contributed by atoms with van der Waals surface area (Å²) in [5.41, 5.74) is 0. The Balaban J connectivity index is 2.39. The number of hydrogen-bond donors (Lipinski definition) is 0. The van der Waals surface area contributed by atoms with Crippen LogP contribution in [0.2, 0.25) is 0 Å². The van der Waals surface area contributed by atoms with Crippen LogP contribution in [-0.2, 0) is 4.74 Å². The number of alkyl halides is 2. The van der Waals surface area contributed by atoms with Gasteiger partial charge in [-0.25, -0.2) is 8.78 Å². The summed E-state index contributed by atoms with van der Waals surface area (Å²) in [5.74, 6) is -0.127. The van der Waals surface area contributed by atoms with Crippen LogP contribution in [0.25, 0.3) is 0 Å². The molecule has 0 saturated carbocycles. The molecule has 0 amide bonds. The van der Waals surface area contributed by atoms with Crippen LogP contribution in [0, 0.1) is 5.92 Å². The van der Waals surface area contributed by atoms with Crippen molar-refractivity contribution in [2.45, 2.75) is 12.8 Å². The highest BCUT2D eigenvalue weighted by Gasteiger charge is 2.27. The summed E-state index contributed by atoms with van der Waals surface area (Å²) in [6, 6.07) is 0. The van der Waals surface area contributed by atoms with Crippen molar-refractivity contribution >= 4 is 0 Å². The molecule has 0 N–H and O–H groups in total. The smallest absolute Gasteiger partial charge is 0.245 e. The molecule has 1 aliphatic heterocycles. The van der Waals surface area contributed by atoms with Crippen LogP contribution in [-0.4, -0.2) is 13.0 Å². The van der Waals surface area contributed by atoms with Gasteiger partial charge in [0.15, 0.2) is 0 Å². The quantitative estimate of drug-likeness (QED) is 0.531. The predicted molar refractivity (Wildman–Crippen MR) is 29.2 cm³/mol. The van der Waals surface area contributed by atoms with E-state index in [9.17, 15) is 8.78 Å². The summed E-state index contributed by atoms with van der Waals surface area (Å²) < 4.78 is 28.3. The van der Waals surface area contributed by atoms with E-state index in [4.69, 9.17) is 4.74 Å². The maximum Gasteiger partial charge on any atom is 0.245 e. The standard InChI is InChI=1S/C6H8F2O/c1-4-2-5(3-9-4)6(7)8/h5-6H,1-3H2/t5-/m0/s1. The van der Waals surface area contributed by atoms with Crippen molar-refractivity contribution < 1.29 is 13.5 Å². The Hall–Kier alpha value is -0.600. The second-order valence-electron chi connectivity index (χ2n) is 2.15. The van der Waals surface area contributed by atoms with E-state index < -0.39 is 12.3 Å². The highest BCUT2D eigenvalue weighted by molar-refractivity contribution is 4.92. The third kappa shape index (κ3) is 1.40. The highest BCUT2D eigenvalue weighted by atomic mass is 19.3. The van der Waals surface area contributed by atoms with Gasteiger partial charge in [0.05, 0.1) is 18.3 Å². The Bertz CT molecular complexity index is 122. The maximum atomic E-state index is 11.8. The average molecular weight is 134 g/mol. The van der Waals surface area contributed by atoms with E-state index in [1.165, 1.54) is 0 Å². The summed E-state index contributed by atoms with van der Waals surface area (Å²) in [6.45, 7) is 3.57. The van der Waals surface area contributed by atoms with Crippen molar-refractivity contribution in [2.75, 3.05) is 6.61 Å². The molecule has 0 spiro atoms. The maximum absolute atomic E-state index is 11.8. The molecule has 1 nitrogen and oxygen atoms in total. The highest BCUT2D eigenvalue weighted by Crippen LogP contribution is 2.26. The molecule has 0 radical (unpaired) electrons. The molecule has 0 aromatic rings. The topological polar surface area (TPSA) is 9.23 Å². The van der Waals surface area contributed by atoms with Crippen molar-refractivity contribution in [1.29, 1.82) is 0 Å². The molecule has 9 heavy (non-hydrogen) atoms. The lowest BCUT2D eigenvalue weighted by atomic mass is 10.1. The fourth-order valence-corrected chi connectivity index (χ4v) is 0.797. The van der Waals surface area contributed by atoms with Gasteiger partial charge in [-0.2, -0.15) is 0 Å². The molecule has 0 aliphatic carbocycles. The van der Waals surface area contributed by atoms with E-state index in [2.05, 4.69) is 6.58 Å². The molecule has 0 unspecified atom stereocenters. The van der Waals surface area contributed by atoms with Crippen molar-refractivity contribution in [3.05, 3.63) is 12.3 Å². The number of hydrogen-bond acceptors (Lipinski definition) is 1. The van der Waals surface area contributed by atoms with E-state index in [-0.39, 0.29) is 6.61 Å². The Morgan fingerprint density at radius 2 is 2.33 bits per heavy atom. The van der Waals surface area contributed by atoms with Crippen LogP contribution in [0.5, 0.6) is 0 Å². The zero-order chi connectivity index (χ0) is 6.85. The van der Waals surface area contributed by atoms with Gasteiger partial charge >= 0.3 is 0 Å². The van der Waals surface area contributed by atoms with Crippen molar-refractivity contribution in [2.24, 2.45) is 5.92 Å². The molecule has 1 fully saturated rings. The first kappa shape index (κ1) is 6.52. The average Bonchev–Trinajstić information content (AvgIpc) is 2.14. The van der Waals surface area contributed by atoms with Crippen molar-refractivity contribution in [3.63, 3.8) is 0 Å². The molecule has 1 rings (SSSR count). The summed E-state index contributed by atoms with van der Waals surface area (Å²) in [4.78, 5) is 0. The van der Waals surface area contributed by atoms with Gasteiger partial charge in [0.1, 0.15) is 0 Å². The number of allylic oxidation sites excluding steroid dienone is 1. The summed E-state index contributed by atoms with van der Waals surface area (Å²) in [7, 11) is 0. The van der Waals surface area contributed by atoms with Crippen LogP contribution in [0.1, 0.15) is 6.42 Å². The molecule has 3 heteroatoms. The van der Waals surface area contributed by atoms with Gasteiger partial charge in [0, 0.05) is 6.42 Å². The summed E-state index contributed by atoms with van der Waals surface area (Å²) >= 11 is 0. The van der Waals surface area contributed by atoms with E-state index >= 15 is 0 Å². The Labute approximate surface area is 52.3 Å². The van der Waals surface area contributed by atoms with Gasteiger partial charge in [0.25, 0.3) is 0 Å². The second kappa shape index (κ2) is 2.33. The molecular weight excluding hydrogens is 126 g/mol. The number of ether oxygens (including phenoxy) is 1. The van der Waals surface area contributed by atoms with Crippen LogP contribution < -0.4 is 0 Å². The lowest BCUT2D eigenvalue weighted by Crippen LogP contribution is -2.09. The van der Waals surface area contributed by atoms with Crippen molar-refractivity contribution in [3.8, 4) is 0 Å². The third-order valence-electron chi connectivity index (χ3n) is 1.35. The van der Waals surface area contributed by atoms with Gasteiger partial charge in [0.2, 0.25) is 6.43 Å². The summed E-state index contributed by atoms with van der Waals surface area (Å²) in [6.07, 6.45) is -1.94. The van der Waals surface area contributed by atoms with E-state index in [0.29, 0.717) is 12.2 Å². The minimum atomic E-state index is -2.26. The molecule has 0 aromatic heterocycles. The SMILES string of the molecule is C=C1C[C@H](C(F)F)CO1. The van der Waals surface area contributed by atoms with Crippen LogP contribution >= 0.6 is 0 Å². The zero-order valence-electron chi connectivity index (χ0n) is 4.94. The number of rotatable bonds is 1.